The minimum atomic E-state index is -0.298. The number of methoxy groups -OCH3 is 1. The number of para-hydroxylation sites is 1. The van der Waals surface area contributed by atoms with E-state index in [0.717, 1.165) is 11.1 Å². The summed E-state index contributed by atoms with van der Waals surface area (Å²) in [5, 5.41) is 4.96. The molecule has 0 aliphatic heterocycles. The summed E-state index contributed by atoms with van der Waals surface area (Å²) in [7, 11) is 1.58. The molecule has 4 aromatic rings. The number of hydrogen-bond donors (Lipinski definition) is 1. The molecule has 0 saturated carbocycles. The van der Waals surface area contributed by atoms with Crippen LogP contribution in [0.15, 0.2) is 87.8 Å². The van der Waals surface area contributed by atoms with Crippen LogP contribution in [0, 0.1) is 6.92 Å². The van der Waals surface area contributed by atoms with E-state index in [0.29, 0.717) is 27.5 Å². The van der Waals surface area contributed by atoms with Gasteiger partial charge >= 0.3 is 0 Å². The molecule has 0 unspecified atom stereocenters. The maximum atomic E-state index is 13.3. The Morgan fingerprint density at radius 2 is 1.82 bits per heavy atom. The smallest absolute Gasteiger partial charge is 0.266 e. The molecule has 4 rings (SSSR count). The molecule has 1 amide bonds. The maximum Gasteiger partial charge on any atom is 0.266 e. The fraction of sp³-hybridized carbons (Fsp3) is 0.120. The molecule has 166 valence electrons. The monoisotopic (exact) mass is 458 g/mol. The summed E-state index contributed by atoms with van der Waals surface area (Å²) in [6, 6.07) is 22.0. The number of hydrogen-bond acceptors (Lipinski definition) is 6. The third-order valence-electron chi connectivity index (χ3n) is 4.99. The van der Waals surface area contributed by atoms with Gasteiger partial charge in [-0.05, 0) is 54.4 Å². The topological polar surface area (TPSA) is 85.6 Å². The number of carbonyl (C=O) groups excluding carboxylic acids is 1. The van der Waals surface area contributed by atoms with Crippen molar-refractivity contribution in [3.8, 4) is 11.4 Å². The van der Waals surface area contributed by atoms with Crippen molar-refractivity contribution in [3.63, 3.8) is 0 Å². The highest BCUT2D eigenvalue weighted by atomic mass is 32.2. The summed E-state index contributed by atoms with van der Waals surface area (Å²) in [6.45, 7) is 1.98. The summed E-state index contributed by atoms with van der Waals surface area (Å²) in [6.07, 6.45) is 1.61. The zero-order valence-corrected chi connectivity index (χ0v) is 19.0. The van der Waals surface area contributed by atoms with Gasteiger partial charge in [-0.15, -0.1) is 0 Å². The summed E-state index contributed by atoms with van der Waals surface area (Å²) in [4.78, 5) is 30.3. The Morgan fingerprint density at radius 1 is 1.09 bits per heavy atom. The van der Waals surface area contributed by atoms with E-state index in [2.05, 4.69) is 15.5 Å². The number of rotatable bonds is 7. The maximum absolute atomic E-state index is 13.3. The number of amides is 1. The minimum Gasteiger partial charge on any atom is -0.497 e. The van der Waals surface area contributed by atoms with Crippen molar-refractivity contribution in [2.45, 2.75) is 12.1 Å². The van der Waals surface area contributed by atoms with Gasteiger partial charge in [0.1, 0.15) is 5.75 Å². The summed E-state index contributed by atoms with van der Waals surface area (Å²) in [5.74, 6) is 0.431. The van der Waals surface area contributed by atoms with Crippen LogP contribution in [-0.2, 0) is 4.79 Å². The average molecular weight is 459 g/mol. The number of benzene rings is 3. The van der Waals surface area contributed by atoms with E-state index in [9.17, 15) is 9.59 Å². The van der Waals surface area contributed by atoms with E-state index < -0.39 is 0 Å². The minimum absolute atomic E-state index is 0.0477. The van der Waals surface area contributed by atoms with Crippen LogP contribution in [0.1, 0.15) is 11.1 Å². The van der Waals surface area contributed by atoms with Gasteiger partial charge in [-0.3, -0.25) is 14.2 Å². The highest BCUT2D eigenvalue weighted by molar-refractivity contribution is 7.99. The SMILES string of the molecule is COc1ccc(-n2c(SCC(=O)NN=Cc3ccccc3C)nc3ccccc3c2=O)cc1. The molecule has 7 nitrogen and oxygen atoms in total. The second-order valence-corrected chi connectivity index (χ2v) is 8.13. The lowest BCUT2D eigenvalue weighted by atomic mass is 10.1. The van der Waals surface area contributed by atoms with Gasteiger partial charge in [0.15, 0.2) is 5.16 Å². The van der Waals surface area contributed by atoms with Gasteiger partial charge < -0.3 is 4.74 Å². The standard InChI is InChI=1S/C25H22N4O3S/c1-17-7-3-4-8-18(17)15-26-28-23(30)16-33-25-27-22-10-6-5-9-21(22)24(31)29(25)19-11-13-20(32-2)14-12-19/h3-15H,16H2,1-2H3,(H,28,30). The largest absolute Gasteiger partial charge is 0.497 e. The number of carbonyl (C=O) groups is 1. The van der Waals surface area contributed by atoms with Crippen molar-refractivity contribution < 1.29 is 9.53 Å². The van der Waals surface area contributed by atoms with Gasteiger partial charge in [0.05, 0.1) is 35.7 Å². The van der Waals surface area contributed by atoms with Crippen molar-refractivity contribution >= 4 is 34.8 Å². The molecule has 1 heterocycles. The molecule has 0 bridgehead atoms. The Hall–Kier alpha value is -3.91. The molecule has 0 aliphatic rings. The van der Waals surface area contributed by atoms with Crippen molar-refractivity contribution in [3.05, 3.63) is 94.3 Å². The molecule has 3 aromatic carbocycles. The quantitative estimate of drug-likeness (QED) is 0.196. The molecule has 1 N–H and O–H groups in total. The number of thioether (sulfide) groups is 1. The number of nitrogens with one attached hydrogen (secondary N) is 1. The second kappa shape index (κ2) is 10.1. The number of nitrogens with zero attached hydrogens (tertiary/aromatic N) is 3. The van der Waals surface area contributed by atoms with Crippen molar-refractivity contribution in [1.82, 2.24) is 15.0 Å². The van der Waals surface area contributed by atoms with Crippen LogP contribution in [0.25, 0.3) is 16.6 Å². The fourth-order valence-corrected chi connectivity index (χ4v) is 4.04. The number of ether oxygens (including phenoxy) is 1. The van der Waals surface area contributed by atoms with Crippen molar-refractivity contribution in [2.75, 3.05) is 12.9 Å². The van der Waals surface area contributed by atoms with Crippen LogP contribution in [0.2, 0.25) is 0 Å². The molecule has 0 radical (unpaired) electrons. The Morgan fingerprint density at radius 3 is 2.58 bits per heavy atom. The average Bonchev–Trinajstić information content (AvgIpc) is 2.84. The van der Waals surface area contributed by atoms with Crippen LogP contribution in [0.3, 0.4) is 0 Å². The lowest BCUT2D eigenvalue weighted by molar-refractivity contribution is -0.118. The molecule has 0 spiro atoms. The van der Waals surface area contributed by atoms with Gasteiger partial charge in [0, 0.05) is 0 Å². The van der Waals surface area contributed by atoms with E-state index in [1.807, 2.05) is 37.3 Å². The van der Waals surface area contributed by atoms with Gasteiger partial charge in [0.25, 0.3) is 11.5 Å². The lowest BCUT2D eigenvalue weighted by Gasteiger charge is -2.13. The van der Waals surface area contributed by atoms with Crippen LogP contribution in [0.4, 0.5) is 0 Å². The first kappa shape index (κ1) is 22.3. The van der Waals surface area contributed by atoms with E-state index in [-0.39, 0.29) is 17.2 Å². The molecule has 33 heavy (non-hydrogen) atoms. The number of aryl methyl sites for hydroxylation is 1. The Labute approximate surface area is 195 Å². The van der Waals surface area contributed by atoms with Gasteiger partial charge in [-0.25, -0.2) is 10.4 Å². The third-order valence-corrected chi connectivity index (χ3v) is 5.93. The summed E-state index contributed by atoms with van der Waals surface area (Å²) in [5.41, 5.74) is 5.53. The molecule has 8 heteroatoms. The van der Waals surface area contributed by atoms with Crippen LogP contribution in [-0.4, -0.2) is 34.5 Å². The summed E-state index contributed by atoms with van der Waals surface area (Å²) >= 11 is 1.17. The first-order valence-electron chi connectivity index (χ1n) is 10.2. The molecule has 0 fully saturated rings. The van der Waals surface area contributed by atoms with Crippen LogP contribution < -0.4 is 15.7 Å². The van der Waals surface area contributed by atoms with Gasteiger partial charge in [0.2, 0.25) is 0 Å². The Kier molecular flexibility index (Phi) is 6.85. The predicted octanol–water partition coefficient (Wildman–Crippen LogP) is 3.95. The molecular formula is C25H22N4O3S. The van der Waals surface area contributed by atoms with Gasteiger partial charge in [-0.1, -0.05) is 48.2 Å². The highest BCUT2D eigenvalue weighted by Crippen LogP contribution is 2.22. The number of aromatic nitrogens is 2. The van der Waals surface area contributed by atoms with Gasteiger partial charge in [-0.2, -0.15) is 5.10 Å². The first-order valence-corrected chi connectivity index (χ1v) is 11.2. The number of fused-ring (bicyclic) bond motifs is 1. The van der Waals surface area contributed by atoms with E-state index in [4.69, 9.17) is 4.74 Å². The lowest BCUT2D eigenvalue weighted by Crippen LogP contribution is -2.24. The van der Waals surface area contributed by atoms with E-state index in [1.54, 1.807) is 55.8 Å². The van der Waals surface area contributed by atoms with Crippen LogP contribution in [0.5, 0.6) is 5.75 Å². The molecule has 1 aromatic heterocycles. The predicted molar refractivity (Wildman–Crippen MR) is 132 cm³/mol. The molecular weight excluding hydrogens is 436 g/mol. The zero-order valence-electron chi connectivity index (χ0n) is 18.2. The molecule has 0 aliphatic carbocycles. The number of hydrazone groups is 1. The first-order chi connectivity index (χ1) is 16.1. The normalized spacial score (nSPS) is 11.1. The highest BCUT2D eigenvalue weighted by Gasteiger charge is 2.15. The zero-order chi connectivity index (χ0) is 23.2. The molecule has 0 atom stereocenters. The van der Waals surface area contributed by atoms with E-state index >= 15 is 0 Å². The van der Waals surface area contributed by atoms with E-state index in [1.165, 1.54) is 16.3 Å². The Balaban J connectivity index is 1.58. The van der Waals surface area contributed by atoms with Crippen LogP contribution >= 0.6 is 11.8 Å². The molecule has 0 saturated heterocycles. The third kappa shape index (κ3) is 5.12. The van der Waals surface area contributed by atoms with Crippen molar-refractivity contribution in [1.29, 1.82) is 0 Å². The Bertz CT molecular complexity index is 1380. The summed E-state index contributed by atoms with van der Waals surface area (Å²) < 4.78 is 6.73. The second-order valence-electron chi connectivity index (χ2n) is 7.19. The van der Waals surface area contributed by atoms with Crippen molar-refractivity contribution in [2.24, 2.45) is 5.10 Å². The fourth-order valence-electron chi connectivity index (χ4n) is 3.24.